The highest BCUT2D eigenvalue weighted by atomic mass is 16.4. The smallest absolute Gasteiger partial charge is 0.335 e. The molecule has 1 aromatic carbocycles. The summed E-state index contributed by atoms with van der Waals surface area (Å²) < 4.78 is 0. The highest BCUT2D eigenvalue weighted by Crippen LogP contribution is 2.21. The summed E-state index contributed by atoms with van der Waals surface area (Å²) in [7, 11) is 0. The molecule has 0 unspecified atom stereocenters. The maximum atomic E-state index is 12.2. The van der Waals surface area contributed by atoms with Crippen LogP contribution in [-0.4, -0.2) is 45.7 Å². The summed E-state index contributed by atoms with van der Waals surface area (Å²) >= 11 is 0. The molecule has 1 amide bonds. The van der Waals surface area contributed by atoms with E-state index in [1.807, 2.05) is 17.9 Å². The number of nitrogens with zero attached hydrogens (tertiary/aromatic N) is 1. The molecule has 27 heavy (non-hydrogen) atoms. The van der Waals surface area contributed by atoms with Crippen molar-refractivity contribution in [2.45, 2.75) is 51.7 Å². The van der Waals surface area contributed by atoms with Crippen LogP contribution in [0.15, 0.2) is 36.4 Å². The van der Waals surface area contributed by atoms with Gasteiger partial charge in [-0.25, -0.2) is 4.79 Å². The van der Waals surface area contributed by atoms with Crippen molar-refractivity contribution in [1.29, 1.82) is 0 Å². The van der Waals surface area contributed by atoms with E-state index in [1.54, 1.807) is 37.3 Å². The summed E-state index contributed by atoms with van der Waals surface area (Å²) in [6.07, 6.45) is 5.71. The van der Waals surface area contributed by atoms with E-state index in [0.29, 0.717) is 25.8 Å². The van der Waals surface area contributed by atoms with E-state index in [2.05, 4.69) is 11.8 Å². The molecular weight excluding hydrogens is 342 g/mol. The Kier molecular flexibility index (Phi) is 7.63. The van der Waals surface area contributed by atoms with E-state index < -0.39 is 12.1 Å². The van der Waals surface area contributed by atoms with E-state index in [4.69, 9.17) is 5.11 Å². The quantitative estimate of drug-likeness (QED) is 0.546. The maximum absolute atomic E-state index is 12.2. The zero-order valence-electron chi connectivity index (χ0n) is 15.9. The second kappa shape index (κ2) is 9.94. The van der Waals surface area contributed by atoms with Crippen molar-refractivity contribution < 1.29 is 19.8 Å². The number of aliphatic hydroxyl groups is 1. The molecule has 0 radical (unpaired) electrons. The van der Waals surface area contributed by atoms with Crippen LogP contribution in [0.25, 0.3) is 0 Å². The normalized spacial score (nSPS) is 19.0. The number of carboxylic acid groups (broad SMARTS) is 1. The number of likely N-dealkylation sites (tertiary alicyclic amines) is 1. The van der Waals surface area contributed by atoms with Crippen molar-refractivity contribution in [3.8, 4) is 11.8 Å². The number of hydrogen-bond acceptors (Lipinski definition) is 3. The first-order chi connectivity index (χ1) is 12.9. The molecule has 144 valence electrons. The fraction of sp³-hybridized carbons (Fsp3) is 0.455. The molecule has 1 saturated heterocycles. The van der Waals surface area contributed by atoms with Crippen molar-refractivity contribution in [2.24, 2.45) is 5.92 Å². The monoisotopic (exact) mass is 369 g/mol. The SMILES string of the molecule is CC#CC[C@H](C)[C@@H](O)C=C[C@H]1CCC(=O)N1CCc1ccc(C(=O)O)cc1. The number of carbonyl (C=O) groups excluding carboxylic acids is 1. The minimum Gasteiger partial charge on any atom is -0.478 e. The number of carboxylic acids is 1. The van der Waals surface area contributed by atoms with Crippen LogP contribution < -0.4 is 0 Å². The Morgan fingerprint density at radius 3 is 2.70 bits per heavy atom. The Bertz CT molecular complexity index is 742. The van der Waals surface area contributed by atoms with Crippen LogP contribution in [-0.2, 0) is 11.2 Å². The highest BCUT2D eigenvalue weighted by molar-refractivity contribution is 5.87. The third-order valence-electron chi connectivity index (χ3n) is 4.93. The summed E-state index contributed by atoms with van der Waals surface area (Å²) in [6.45, 7) is 4.32. The molecule has 0 spiro atoms. The Balaban J connectivity index is 1.93. The fourth-order valence-corrected chi connectivity index (χ4v) is 3.13. The average Bonchev–Trinajstić information content (AvgIpc) is 3.02. The van der Waals surface area contributed by atoms with Gasteiger partial charge in [-0.3, -0.25) is 4.79 Å². The van der Waals surface area contributed by atoms with Crippen LogP contribution in [0, 0.1) is 17.8 Å². The largest absolute Gasteiger partial charge is 0.478 e. The van der Waals surface area contributed by atoms with E-state index in [-0.39, 0.29) is 23.4 Å². The number of carbonyl (C=O) groups is 2. The second-order valence-electron chi connectivity index (χ2n) is 6.93. The average molecular weight is 369 g/mol. The van der Waals surface area contributed by atoms with Crippen LogP contribution in [0.4, 0.5) is 0 Å². The first-order valence-corrected chi connectivity index (χ1v) is 9.30. The first-order valence-electron chi connectivity index (χ1n) is 9.30. The lowest BCUT2D eigenvalue weighted by atomic mass is 10.00. The highest BCUT2D eigenvalue weighted by Gasteiger charge is 2.28. The van der Waals surface area contributed by atoms with Crippen LogP contribution in [0.3, 0.4) is 0 Å². The van der Waals surface area contributed by atoms with Crippen molar-refractivity contribution >= 4 is 11.9 Å². The van der Waals surface area contributed by atoms with E-state index >= 15 is 0 Å². The summed E-state index contributed by atoms with van der Waals surface area (Å²) in [5, 5.41) is 19.2. The molecule has 2 N–H and O–H groups in total. The lowest BCUT2D eigenvalue weighted by Gasteiger charge is -2.23. The number of benzene rings is 1. The predicted octanol–water partition coefficient (Wildman–Crippen LogP) is 2.88. The molecule has 3 atom stereocenters. The number of aliphatic hydroxyl groups excluding tert-OH is 1. The van der Waals surface area contributed by atoms with Crippen molar-refractivity contribution in [3.63, 3.8) is 0 Å². The lowest BCUT2D eigenvalue weighted by molar-refractivity contribution is -0.128. The first kappa shape index (κ1) is 20.7. The standard InChI is InChI=1S/C22H27NO4/c1-3-4-5-16(2)20(24)12-10-19-11-13-21(25)23(19)15-14-17-6-8-18(9-7-17)22(26)27/h6-10,12,16,19-20,24H,5,11,13-15H2,1-2H3,(H,26,27)/t16-,19-,20-/m0/s1. The molecule has 1 aliphatic rings. The van der Waals surface area contributed by atoms with E-state index in [1.165, 1.54) is 0 Å². The van der Waals surface area contributed by atoms with Gasteiger partial charge in [0.15, 0.2) is 0 Å². The summed E-state index contributed by atoms with van der Waals surface area (Å²) in [5.74, 6) is 5.03. The molecule has 1 aliphatic heterocycles. The third kappa shape index (κ3) is 5.97. The van der Waals surface area contributed by atoms with E-state index in [0.717, 1.165) is 12.0 Å². The summed E-state index contributed by atoms with van der Waals surface area (Å²) in [6, 6.07) is 6.73. The molecule has 0 saturated carbocycles. The number of hydrogen-bond donors (Lipinski definition) is 2. The van der Waals surface area contributed by atoms with Gasteiger partial charge in [0, 0.05) is 19.4 Å². The van der Waals surface area contributed by atoms with Crippen LogP contribution >= 0.6 is 0 Å². The number of aromatic carboxylic acids is 1. The van der Waals surface area contributed by atoms with Crippen molar-refractivity contribution in [3.05, 3.63) is 47.5 Å². The van der Waals surface area contributed by atoms with Gasteiger partial charge in [0.1, 0.15) is 0 Å². The molecule has 2 rings (SSSR count). The van der Waals surface area contributed by atoms with Crippen molar-refractivity contribution in [1.82, 2.24) is 4.90 Å². The number of amides is 1. The lowest BCUT2D eigenvalue weighted by Crippen LogP contribution is -2.34. The van der Waals surface area contributed by atoms with Gasteiger partial charge in [-0.2, -0.15) is 0 Å². The summed E-state index contributed by atoms with van der Waals surface area (Å²) in [5.41, 5.74) is 1.25. The molecule has 1 fully saturated rings. The molecular formula is C22H27NO4. The maximum Gasteiger partial charge on any atom is 0.335 e. The number of rotatable bonds is 8. The minimum atomic E-state index is -0.945. The molecule has 0 aromatic heterocycles. The molecule has 0 bridgehead atoms. The molecule has 1 aromatic rings. The van der Waals surface area contributed by atoms with Gasteiger partial charge in [0.2, 0.25) is 5.91 Å². The third-order valence-corrected chi connectivity index (χ3v) is 4.93. The van der Waals surface area contributed by atoms with Gasteiger partial charge < -0.3 is 15.1 Å². The molecule has 0 aliphatic carbocycles. The Hall–Kier alpha value is -2.58. The fourth-order valence-electron chi connectivity index (χ4n) is 3.13. The van der Waals surface area contributed by atoms with Crippen LogP contribution in [0.5, 0.6) is 0 Å². The van der Waals surface area contributed by atoms with Gasteiger partial charge in [0.05, 0.1) is 17.7 Å². The van der Waals surface area contributed by atoms with E-state index in [9.17, 15) is 14.7 Å². The van der Waals surface area contributed by atoms with Gasteiger partial charge in [-0.1, -0.05) is 31.2 Å². The predicted molar refractivity (Wildman–Crippen MR) is 104 cm³/mol. The van der Waals surface area contributed by atoms with Gasteiger partial charge in [-0.05, 0) is 43.4 Å². The second-order valence-corrected chi connectivity index (χ2v) is 6.93. The van der Waals surface area contributed by atoms with Gasteiger partial charge in [0.25, 0.3) is 0 Å². The van der Waals surface area contributed by atoms with Crippen molar-refractivity contribution in [2.75, 3.05) is 6.54 Å². The Morgan fingerprint density at radius 1 is 1.37 bits per heavy atom. The summed E-state index contributed by atoms with van der Waals surface area (Å²) in [4.78, 5) is 25.0. The van der Waals surface area contributed by atoms with Gasteiger partial charge in [-0.15, -0.1) is 11.8 Å². The van der Waals surface area contributed by atoms with Crippen LogP contribution in [0.1, 0.15) is 49.0 Å². The molecule has 1 heterocycles. The molecule has 5 nitrogen and oxygen atoms in total. The Morgan fingerprint density at radius 2 is 2.07 bits per heavy atom. The zero-order valence-corrected chi connectivity index (χ0v) is 15.9. The van der Waals surface area contributed by atoms with Gasteiger partial charge >= 0.3 is 5.97 Å². The van der Waals surface area contributed by atoms with Crippen LogP contribution in [0.2, 0.25) is 0 Å². The topological polar surface area (TPSA) is 77.8 Å². The molecule has 5 heteroatoms. The minimum absolute atomic E-state index is 0.00472. The zero-order chi connectivity index (χ0) is 19.8. The Labute approximate surface area is 160 Å².